The zero-order valence-electron chi connectivity index (χ0n) is 14.8. The number of aryl methyl sites for hydroxylation is 1. The number of nitrogens with zero attached hydrogens (tertiary/aromatic N) is 6. The maximum Gasteiger partial charge on any atom is 0.418 e. The molecule has 0 atom stereocenters. The zero-order chi connectivity index (χ0) is 20.6. The lowest BCUT2D eigenvalue weighted by molar-refractivity contribution is -0.136. The molecule has 0 fully saturated rings. The average molecular weight is 399 g/mol. The first-order valence-corrected chi connectivity index (χ1v) is 8.29. The summed E-state index contributed by atoms with van der Waals surface area (Å²) in [5, 5.41) is -0.0719. The molecular formula is C18H12F3N7O. The summed E-state index contributed by atoms with van der Waals surface area (Å²) >= 11 is 0. The van der Waals surface area contributed by atoms with Crippen LogP contribution in [0, 0.1) is 6.92 Å². The normalized spacial score (nSPS) is 11.6. The molecule has 4 rings (SSSR count). The number of hydrogen-bond acceptors (Lipinski definition) is 6. The van der Waals surface area contributed by atoms with E-state index in [2.05, 4.69) is 30.3 Å². The molecule has 4 heterocycles. The van der Waals surface area contributed by atoms with Crippen LogP contribution in [-0.2, 0) is 6.18 Å². The van der Waals surface area contributed by atoms with Crippen LogP contribution in [0.1, 0.15) is 21.6 Å². The lowest BCUT2D eigenvalue weighted by atomic mass is 10.2. The molecule has 0 bridgehead atoms. The summed E-state index contributed by atoms with van der Waals surface area (Å²) in [5.74, 6) is -0.146. The first-order chi connectivity index (χ1) is 13.8. The van der Waals surface area contributed by atoms with Crippen LogP contribution >= 0.6 is 0 Å². The van der Waals surface area contributed by atoms with Gasteiger partial charge in [0.2, 0.25) is 0 Å². The Kier molecular flexibility index (Phi) is 4.41. The number of carbonyl (C=O) groups is 1. The van der Waals surface area contributed by atoms with Gasteiger partial charge in [0.05, 0.1) is 28.5 Å². The Labute approximate surface area is 161 Å². The van der Waals surface area contributed by atoms with Gasteiger partial charge in [-0.3, -0.25) is 19.9 Å². The van der Waals surface area contributed by atoms with Crippen LogP contribution in [0.4, 0.5) is 13.2 Å². The summed E-state index contributed by atoms with van der Waals surface area (Å²) in [6.07, 6.45) is 3.07. The smallest absolute Gasteiger partial charge is 0.267 e. The molecule has 29 heavy (non-hydrogen) atoms. The molecule has 4 aromatic rings. The fraction of sp³-hybridized carbons (Fsp3) is 0.111. The van der Waals surface area contributed by atoms with Crippen molar-refractivity contribution >= 4 is 16.8 Å². The molecule has 0 unspecified atom stereocenters. The molecule has 0 saturated carbocycles. The molecule has 146 valence electrons. The van der Waals surface area contributed by atoms with Crippen molar-refractivity contribution in [3.8, 4) is 11.6 Å². The molecule has 0 spiro atoms. The molecule has 0 aliphatic carbocycles. The van der Waals surface area contributed by atoms with Crippen LogP contribution < -0.4 is 5.43 Å². The highest BCUT2D eigenvalue weighted by Crippen LogP contribution is 2.35. The highest BCUT2D eigenvalue weighted by atomic mass is 19.4. The number of aromatic nitrogens is 6. The molecule has 11 heteroatoms. The van der Waals surface area contributed by atoms with E-state index in [1.807, 2.05) is 0 Å². The summed E-state index contributed by atoms with van der Waals surface area (Å²) in [6.45, 7) is 1.58. The van der Waals surface area contributed by atoms with Gasteiger partial charge in [-0.2, -0.15) is 13.2 Å². The molecule has 0 aromatic carbocycles. The quantitative estimate of drug-likeness (QED) is 0.569. The molecule has 4 aromatic heterocycles. The lowest BCUT2D eigenvalue weighted by Gasteiger charge is -2.10. The minimum absolute atomic E-state index is 0.0719. The Morgan fingerprint density at radius 1 is 1.07 bits per heavy atom. The highest BCUT2D eigenvalue weighted by molar-refractivity contribution is 6.01. The van der Waals surface area contributed by atoms with E-state index in [0.717, 1.165) is 10.9 Å². The Morgan fingerprint density at radius 2 is 1.83 bits per heavy atom. The number of halogens is 3. The van der Waals surface area contributed by atoms with Crippen molar-refractivity contribution in [3.63, 3.8) is 0 Å². The maximum atomic E-state index is 13.3. The van der Waals surface area contributed by atoms with Crippen molar-refractivity contribution in [3.05, 3.63) is 66.1 Å². The van der Waals surface area contributed by atoms with Crippen LogP contribution in [0.5, 0.6) is 0 Å². The van der Waals surface area contributed by atoms with Crippen LogP contribution in [0.25, 0.3) is 22.6 Å². The number of rotatable bonds is 3. The van der Waals surface area contributed by atoms with E-state index in [1.165, 1.54) is 37.1 Å². The van der Waals surface area contributed by atoms with Gasteiger partial charge in [-0.05, 0) is 19.1 Å². The minimum Gasteiger partial charge on any atom is -0.267 e. The van der Waals surface area contributed by atoms with Crippen molar-refractivity contribution in [2.45, 2.75) is 13.1 Å². The third-order valence-corrected chi connectivity index (χ3v) is 4.13. The highest BCUT2D eigenvalue weighted by Gasteiger charge is 2.35. The van der Waals surface area contributed by atoms with Gasteiger partial charge >= 0.3 is 6.18 Å². The van der Waals surface area contributed by atoms with Gasteiger partial charge in [-0.15, -0.1) is 0 Å². The second-order valence-corrected chi connectivity index (χ2v) is 6.01. The molecule has 1 N–H and O–H groups in total. The Balaban J connectivity index is 1.67. The van der Waals surface area contributed by atoms with Gasteiger partial charge in [-0.1, -0.05) is 0 Å². The summed E-state index contributed by atoms with van der Waals surface area (Å²) in [5.41, 5.74) is 2.08. The van der Waals surface area contributed by atoms with Gasteiger partial charge in [0, 0.05) is 36.4 Å². The molecule has 0 radical (unpaired) electrons. The number of pyridine rings is 1. The predicted octanol–water partition coefficient (Wildman–Crippen LogP) is 2.99. The predicted molar refractivity (Wildman–Crippen MR) is 96.2 cm³/mol. The number of fused-ring (bicyclic) bond motifs is 1. The topological polar surface area (TPSA) is 98.5 Å². The molecule has 0 saturated heterocycles. The summed E-state index contributed by atoms with van der Waals surface area (Å²) in [4.78, 5) is 32.8. The standard InChI is InChI=1S/C18H12F3N7O/c1-10-12(7-25-16(26-10)15-23-4-2-5-24-15)17(29)27-28-9-13(18(19,20)21)11-3-6-22-8-14(11)28/h2-9H,1H3,(H,27,29). The van der Waals surface area contributed by atoms with Gasteiger partial charge in [0.1, 0.15) is 0 Å². The SMILES string of the molecule is Cc1nc(-c2ncccn2)ncc1C(=O)Nn1cc(C(F)(F)F)c2ccncc21. The van der Waals surface area contributed by atoms with Crippen molar-refractivity contribution in [1.82, 2.24) is 29.6 Å². The summed E-state index contributed by atoms with van der Waals surface area (Å²) < 4.78 is 40.8. The minimum atomic E-state index is -4.58. The summed E-state index contributed by atoms with van der Waals surface area (Å²) in [7, 11) is 0. The third kappa shape index (κ3) is 3.49. The van der Waals surface area contributed by atoms with E-state index in [1.54, 1.807) is 13.0 Å². The van der Waals surface area contributed by atoms with Gasteiger partial charge < -0.3 is 0 Å². The van der Waals surface area contributed by atoms with Crippen molar-refractivity contribution in [2.75, 3.05) is 5.43 Å². The number of hydrogen-bond donors (Lipinski definition) is 1. The molecule has 1 amide bonds. The zero-order valence-corrected chi connectivity index (χ0v) is 14.8. The molecule has 0 aliphatic heterocycles. The van der Waals surface area contributed by atoms with E-state index in [0.29, 0.717) is 11.5 Å². The third-order valence-electron chi connectivity index (χ3n) is 4.13. The molecule has 0 aliphatic rings. The van der Waals surface area contributed by atoms with E-state index in [-0.39, 0.29) is 22.3 Å². The van der Waals surface area contributed by atoms with Crippen LogP contribution in [0.3, 0.4) is 0 Å². The lowest BCUT2D eigenvalue weighted by Crippen LogP contribution is -2.23. The van der Waals surface area contributed by atoms with E-state index < -0.39 is 17.6 Å². The number of nitrogens with one attached hydrogen (secondary N) is 1. The fourth-order valence-corrected chi connectivity index (χ4v) is 2.77. The monoisotopic (exact) mass is 399 g/mol. The average Bonchev–Trinajstić information content (AvgIpc) is 3.07. The molecule has 8 nitrogen and oxygen atoms in total. The van der Waals surface area contributed by atoms with Crippen LogP contribution in [0.2, 0.25) is 0 Å². The Morgan fingerprint density at radius 3 is 2.52 bits per heavy atom. The maximum absolute atomic E-state index is 13.3. The fourth-order valence-electron chi connectivity index (χ4n) is 2.77. The van der Waals surface area contributed by atoms with Crippen LogP contribution in [0.15, 0.2) is 49.3 Å². The van der Waals surface area contributed by atoms with E-state index in [9.17, 15) is 18.0 Å². The summed E-state index contributed by atoms with van der Waals surface area (Å²) in [6, 6.07) is 2.88. The largest absolute Gasteiger partial charge is 0.418 e. The van der Waals surface area contributed by atoms with E-state index in [4.69, 9.17) is 0 Å². The first-order valence-electron chi connectivity index (χ1n) is 8.29. The van der Waals surface area contributed by atoms with Crippen molar-refractivity contribution < 1.29 is 18.0 Å². The second-order valence-electron chi connectivity index (χ2n) is 6.01. The number of carbonyl (C=O) groups excluding carboxylic acids is 1. The molecular weight excluding hydrogens is 387 g/mol. The van der Waals surface area contributed by atoms with Crippen LogP contribution in [-0.4, -0.2) is 35.5 Å². The van der Waals surface area contributed by atoms with E-state index >= 15 is 0 Å². The van der Waals surface area contributed by atoms with Gasteiger partial charge in [-0.25, -0.2) is 19.9 Å². The first kappa shape index (κ1) is 18.5. The van der Waals surface area contributed by atoms with Crippen molar-refractivity contribution in [2.24, 2.45) is 0 Å². The Hall–Kier alpha value is -3.89. The van der Waals surface area contributed by atoms with Gasteiger partial charge in [0.15, 0.2) is 11.6 Å². The second kappa shape index (κ2) is 6.93. The van der Waals surface area contributed by atoms with Gasteiger partial charge in [0.25, 0.3) is 5.91 Å². The number of amides is 1. The number of alkyl halides is 3. The van der Waals surface area contributed by atoms with Crippen molar-refractivity contribution in [1.29, 1.82) is 0 Å². The Bertz CT molecular complexity index is 1210.